The molecule has 1 aliphatic rings. The summed E-state index contributed by atoms with van der Waals surface area (Å²) in [5.74, 6) is -0.183. The highest BCUT2D eigenvalue weighted by molar-refractivity contribution is 5.86. The van der Waals surface area contributed by atoms with E-state index in [9.17, 15) is 9.59 Å². The molecule has 0 spiro atoms. The number of rotatable bonds is 4. The first-order chi connectivity index (χ1) is 8.56. The molecular weight excluding hydrogens is 236 g/mol. The number of nitrogens with one attached hydrogen (secondary N) is 1. The predicted octanol–water partition coefficient (Wildman–Crippen LogP) is 0.758. The molecule has 0 aromatic rings. The molecule has 2 amide bonds. The molecule has 18 heavy (non-hydrogen) atoms. The molecule has 6 nitrogen and oxygen atoms in total. The van der Waals surface area contributed by atoms with Crippen LogP contribution >= 0.6 is 0 Å². The van der Waals surface area contributed by atoms with Crippen molar-refractivity contribution in [2.45, 2.75) is 39.3 Å². The van der Waals surface area contributed by atoms with E-state index in [1.165, 1.54) is 4.90 Å². The standard InChI is InChI=1S/C12H22N2O4/c1-4-5-13-11(15)10-8-17-7-6-14(10)12(16)18-9(2)3/h9-10H,4-8H2,1-3H3,(H,13,15). The van der Waals surface area contributed by atoms with E-state index in [0.29, 0.717) is 19.7 Å². The van der Waals surface area contributed by atoms with Gasteiger partial charge in [-0.3, -0.25) is 9.69 Å². The van der Waals surface area contributed by atoms with Gasteiger partial charge in [0, 0.05) is 13.1 Å². The minimum absolute atomic E-state index is 0.183. The van der Waals surface area contributed by atoms with E-state index in [2.05, 4.69) is 5.32 Å². The summed E-state index contributed by atoms with van der Waals surface area (Å²) >= 11 is 0. The van der Waals surface area contributed by atoms with Gasteiger partial charge in [0.05, 0.1) is 19.3 Å². The quantitative estimate of drug-likeness (QED) is 0.808. The van der Waals surface area contributed by atoms with E-state index in [-0.39, 0.29) is 18.6 Å². The Labute approximate surface area is 108 Å². The molecule has 104 valence electrons. The zero-order valence-corrected chi connectivity index (χ0v) is 11.3. The van der Waals surface area contributed by atoms with E-state index in [4.69, 9.17) is 9.47 Å². The second kappa shape index (κ2) is 7.20. The number of carbonyl (C=O) groups excluding carboxylic acids is 2. The number of morpholine rings is 1. The molecule has 1 N–H and O–H groups in total. The van der Waals surface area contributed by atoms with Crippen molar-refractivity contribution in [1.82, 2.24) is 10.2 Å². The minimum atomic E-state index is -0.587. The van der Waals surface area contributed by atoms with Crippen LogP contribution in [0.3, 0.4) is 0 Å². The summed E-state index contributed by atoms with van der Waals surface area (Å²) < 4.78 is 10.4. The lowest BCUT2D eigenvalue weighted by Gasteiger charge is -2.34. The molecule has 0 aliphatic carbocycles. The molecule has 0 bridgehead atoms. The average molecular weight is 258 g/mol. The van der Waals surface area contributed by atoms with Crippen LogP contribution in [0.2, 0.25) is 0 Å². The predicted molar refractivity (Wildman–Crippen MR) is 66.2 cm³/mol. The van der Waals surface area contributed by atoms with Gasteiger partial charge >= 0.3 is 6.09 Å². The first-order valence-electron chi connectivity index (χ1n) is 6.39. The third-order valence-corrected chi connectivity index (χ3v) is 2.55. The summed E-state index contributed by atoms with van der Waals surface area (Å²) in [4.78, 5) is 25.2. The van der Waals surface area contributed by atoms with Crippen LogP contribution in [0.4, 0.5) is 4.79 Å². The Morgan fingerprint density at radius 3 is 2.83 bits per heavy atom. The van der Waals surface area contributed by atoms with Gasteiger partial charge < -0.3 is 14.8 Å². The zero-order chi connectivity index (χ0) is 13.5. The number of carbonyl (C=O) groups is 2. The minimum Gasteiger partial charge on any atom is -0.447 e. The second-order valence-corrected chi connectivity index (χ2v) is 4.51. The van der Waals surface area contributed by atoms with Gasteiger partial charge in [-0.15, -0.1) is 0 Å². The first kappa shape index (κ1) is 14.8. The van der Waals surface area contributed by atoms with Crippen LogP contribution in [-0.2, 0) is 14.3 Å². The molecule has 1 atom stereocenters. The summed E-state index contributed by atoms with van der Waals surface area (Å²) in [6, 6.07) is -0.587. The lowest BCUT2D eigenvalue weighted by molar-refractivity contribution is -0.131. The van der Waals surface area contributed by atoms with Crippen molar-refractivity contribution in [3.8, 4) is 0 Å². The largest absolute Gasteiger partial charge is 0.447 e. The van der Waals surface area contributed by atoms with Crippen LogP contribution in [0, 0.1) is 0 Å². The number of ether oxygens (including phenoxy) is 2. The molecule has 1 heterocycles. The molecule has 1 aliphatic heterocycles. The number of amides is 2. The van der Waals surface area contributed by atoms with Gasteiger partial charge in [-0.1, -0.05) is 6.92 Å². The fourth-order valence-electron chi connectivity index (χ4n) is 1.67. The van der Waals surface area contributed by atoms with E-state index in [0.717, 1.165) is 6.42 Å². The summed E-state index contributed by atoms with van der Waals surface area (Å²) in [5.41, 5.74) is 0. The van der Waals surface area contributed by atoms with Crippen molar-refractivity contribution < 1.29 is 19.1 Å². The van der Waals surface area contributed by atoms with Gasteiger partial charge in [-0.25, -0.2) is 4.79 Å². The van der Waals surface area contributed by atoms with Gasteiger partial charge in [-0.2, -0.15) is 0 Å². The number of nitrogens with zero attached hydrogens (tertiary/aromatic N) is 1. The van der Waals surface area contributed by atoms with Crippen molar-refractivity contribution in [3.05, 3.63) is 0 Å². The lowest BCUT2D eigenvalue weighted by atomic mass is 10.2. The average Bonchev–Trinajstić information content (AvgIpc) is 2.35. The highest BCUT2D eigenvalue weighted by atomic mass is 16.6. The molecule has 1 rings (SSSR count). The molecule has 0 saturated carbocycles. The van der Waals surface area contributed by atoms with Crippen molar-refractivity contribution in [3.63, 3.8) is 0 Å². The second-order valence-electron chi connectivity index (χ2n) is 4.51. The van der Waals surface area contributed by atoms with Crippen LogP contribution in [-0.4, -0.2) is 55.3 Å². The molecule has 6 heteroatoms. The Hall–Kier alpha value is -1.30. The van der Waals surface area contributed by atoms with Gasteiger partial charge in [0.25, 0.3) is 0 Å². The molecule has 0 aromatic carbocycles. The fraction of sp³-hybridized carbons (Fsp3) is 0.833. The molecular formula is C12H22N2O4. The Kier molecular flexibility index (Phi) is 5.91. The SMILES string of the molecule is CCCNC(=O)C1COCCN1C(=O)OC(C)C. The van der Waals surface area contributed by atoms with Crippen molar-refractivity contribution >= 4 is 12.0 Å². The summed E-state index contributed by atoms with van der Waals surface area (Å²) in [5, 5.41) is 2.77. The fourth-order valence-corrected chi connectivity index (χ4v) is 1.67. The van der Waals surface area contributed by atoms with E-state index in [1.807, 2.05) is 6.92 Å². The van der Waals surface area contributed by atoms with Crippen molar-refractivity contribution in [2.75, 3.05) is 26.3 Å². The normalized spacial score (nSPS) is 19.8. The van der Waals surface area contributed by atoms with Gasteiger partial charge in [-0.05, 0) is 20.3 Å². The van der Waals surface area contributed by atoms with E-state index >= 15 is 0 Å². The molecule has 0 radical (unpaired) electrons. The highest BCUT2D eigenvalue weighted by Gasteiger charge is 2.33. The topological polar surface area (TPSA) is 67.9 Å². The highest BCUT2D eigenvalue weighted by Crippen LogP contribution is 2.10. The number of hydrogen-bond acceptors (Lipinski definition) is 4. The molecule has 1 saturated heterocycles. The molecule has 1 unspecified atom stereocenters. The van der Waals surface area contributed by atoms with E-state index < -0.39 is 12.1 Å². The van der Waals surface area contributed by atoms with Crippen LogP contribution in [0.15, 0.2) is 0 Å². The maximum atomic E-state index is 11.9. The molecule has 1 fully saturated rings. The zero-order valence-electron chi connectivity index (χ0n) is 11.3. The van der Waals surface area contributed by atoms with Gasteiger partial charge in [0.1, 0.15) is 6.04 Å². The van der Waals surface area contributed by atoms with Gasteiger partial charge in [0.2, 0.25) is 5.91 Å². The Bertz CT molecular complexity index is 294. The molecule has 0 aromatic heterocycles. The maximum absolute atomic E-state index is 11.9. The lowest BCUT2D eigenvalue weighted by Crippen LogP contribution is -2.56. The summed E-state index contributed by atoms with van der Waals surface area (Å²) in [6.45, 7) is 7.18. The summed E-state index contributed by atoms with van der Waals surface area (Å²) in [7, 11) is 0. The van der Waals surface area contributed by atoms with Gasteiger partial charge in [0.15, 0.2) is 0 Å². The Balaban J connectivity index is 2.61. The Morgan fingerprint density at radius 1 is 1.50 bits per heavy atom. The summed E-state index contributed by atoms with van der Waals surface area (Å²) in [6.07, 6.45) is 0.208. The van der Waals surface area contributed by atoms with Crippen LogP contribution in [0.25, 0.3) is 0 Å². The van der Waals surface area contributed by atoms with Crippen molar-refractivity contribution in [2.24, 2.45) is 0 Å². The van der Waals surface area contributed by atoms with Crippen LogP contribution < -0.4 is 5.32 Å². The Morgan fingerprint density at radius 2 is 2.22 bits per heavy atom. The van der Waals surface area contributed by atoms with Crippen LogP contribution in [0.5, 0.6) is 0 Å². The van der Waals surface area contributed by atoms with Crippen molar-refractivity contribution in [1.29, 1.82) is 0 Å². The smallest absolute Gasteiger partial charge is 0.410 e. The monoisotopic (exact) mass is 258 g/mol. The first-order valence-corrected chi connectivity index (χ1v) is 6.39. The number of hydrogen-bond donors (Lipinski definition) is 1. The third kappa shape index (κ3) is 4.18. The van der Waals surface area contributed by atoms with E-state index in [1.54, 1.807) is 13.8 Å². The van der Waals surface area contributed by atoms with Crippen LogP contribution in [0.1, 0.15) is 27.2 Å². The third-order valence-electron chi connectivity index (χ3n) is 2.55. The maximum Gasteiger partial charge on any atom is 0.410 e.